The SMILES string of the molecule is CCOCCN(CC)C1CC(C)CCC1C(=O)O. The summed E-state index contributed by atoms with van der Waals surface area (Å²) in [4.78, 5) is 13.6. The van der Waals surface area contributed by atoms with Crippen LogP contribution < -0.4 is 0 Å². The Morgan fingerprint density at radius 1 is 1.39 bits per heavy atom. The smallest absolute Gasteiger partial charge is 0.308 e. The van der Waals surface area contributed by atoms with Gasteiger partial charge in [0.25, 0.3) is 0 Å². The second-order valence-corrected chi connectivity index (χ2v) is 5.26. The summed E-state index contributed by atoms with van der Waals surface area (Å²) in [7, 11) is 0. The zero-order valence-electron chi connectivity index (χ0n) is 11.9. The Hall–Kier alpha value is -0.610. The number of aliphatic carboxylic acids is 1. The molecule has 18 heavy (non-hydrogen) atoms. The summed E-state index contributed by atoms with van der Waals surface area (Å²) in [6, 6.07) is 0.178. The van der Waals surface area contributed by atoms with Crippen LogP contribution in [-0.4, -0.2) is 48.3 Å². The van der Waals surface area contributed by atoms with Crippen molar-refractivity contribution in [2.45, 2.75) is 46.1 Å². The van der Waals surface area contributed by atoms with Crippen molar-refractivity contribution >= 4 is 5.97 Å². The maximum Gasteiger partial charge on any atom is 0.308 e. The van der Waals surface area contributed by atoms with E-state index in [0.717, 1.165) is 39.0 Å². The molecule has 0 spiro atoms. The second kappa shape index (κ2) is 7.74. The number of likely N-dealkylation sites (N-methyl/N-ethyl adjacent to an activating group) is 1. The zero-order chi connectivity index (χ0) is 13.5. The minimum absolute atomic E-state index is 0.178. The van der Waals surface area contributed by atoms with Gasteiger partial charge in [0.15, 0.2) is 0 Å². The minimum atomic E-state index is -0.637. The van der Waals surface area contributed by atoms with Gasteiger partial charge in [-0.2, -0.15) is 0 Å². The molecule has 3 atom stereocenters. The normalized spacial score (nSPS) is 28.6. The number of carboxylic acid groups (broad SMARTS) is 1. The van der Waals surface area contributed by atoms with Crippen LogP contribution in [0.3, 0.4) is 0 Å². The maximum absolute atomic E-state index is 11.4. The van der Waals surface area contributed by atoms with Crippen molar-refractivity contribution in [3.8, 4) is 0 Å². The van der Waals surface area contributed by atoms with Gasteiger partial charge in [-0.1, -0.05) is 13.8 Å². The molecule has 1 aliphatic carbocycles. The Bertz CT molecular complexity index is 257. The first kappa shape index (κ1) is 15.4. The highest BCUT2D eigenvalue weighted by molar-refractivity contribution is 5.71. The summed E-state index contributed by atoms with van der Waals surface area (Å²) in [5.74, 6) is -0.212. The highest BCUT2D eigenvalue weighted by Gasteiger charge is 2.36. The van der Waals surface area contributed by atoms with Crippen LogP contribution in [0.5, 0.6) is 0 Å². The summed E-state index contributed by atoms with van der Waals surface area (Å²) in [6.07, 6.45) is 2.85. The first-order chi connectivity index (χ1) is 8.60. The van der Waals surface area contributed by atoms with Crippen molar-refractivity contribution in [3.05, 3.63) is 0 Å². The van der Waals surface area contributed by atoms with Gasteiger partial charge in [-0.3, -0.25) is 9.69 Å². The molecule has 0 bridgehead atoms. The quantitative estimate of drug-likeness (QED) is 0.711. The third kappa shape index (κ3) is 4.25. The van der Waals surface area contributed by atoms with Crippen LogP contribution in [0.25, 0.3) is 0 Å². The average Bonchev–Trinajstić information content (AvgIpc) is 2.34. The molecule has 1 aliphatic rings. The van der Waals surface area contributed by atoms with Gasteiger partial charge in [-0.15, -0.1) is 0 Å². The maximum atomic E-state index is 11.4. The number of nitrogens with zero attached hydrogens (tertiary/aromatic N) is 1. The van der Waals surface area contributed by atoms with Crippen LogP contribution in [0.1, 0.15) is 40.0 Å². The van der Waals surface area contributed by atoms with Gasteiger partial charge in [0.1, 0.15) is 0 Å². The molecule has 0 aromatic carbocycles. The number of carboxylic acids is 1. The molecule has 4 heteroatoms. The van der Waals surface area contributed by atoms with Gasteiger partial charge in [-0.25, -0.2) is 0 Å². The summed E-state index contributed by atoms with van der Waals surface area (Å²) in [5.41, 5.74) is 0. The lowest BCUT2D eigenvalue weighted by Crippen LogP contribution is -2.48. The standard InChI is InChI=1S/C14H27NO3/c1-4-15(8-9-18-5-2)13-10-11(3)6-7-12(13)14(16)17/h11-13H,4-10H2,1-3H3,(H,16,17). The molecule has 0 amide bonds. The zero-order valence-corrected chi connectivity index (χ0v) is 11.9. The summed E-state index contributed by atoms with van der Waals surface area (Å²) in [6.45, 7) is 9.47. The van der Waals surface area contributed by atoms with Gasteiger partial charge in [0, 0.05) is 19.2 Å². The molecule has 3 unspecified atom stereocenters. The molecule has 106 valence electrons. The highest BCUT2D eigenvalue weighted by Crippen LogP contribution is 2.32. The Morgan fingerprint density at radius 3 is 2.67 bits per heavy atom. The fourth-order valence-electron chi connectivity index (χ4n) is 2.93. The number of ether oxygens (including phenoxy) is 1. The molecule has 0 saturated heterocycles. The van der Waals surface area contributed by atoms with E-state index in [1.165, 1.54) is 0 Å². The van der Waals surface area contributed by atoms with Gasteiger partial charge in [-0.05, 0) is 38.6 Å². The molecule has 1 fully saturated rings. The van der Waals surface area contributed by atoms with E-state index in [4.69, 9.17) is 4.74 Å². The monoisotopic (exact) mass is 257 g/mol. The molecule has 0 aromatic rings. The largest absolute Gasteiger partial charge is 0.481 e. The van der Waals surface area contributed by atoms with Crippen molar-refractivity contribution < 1.29 is 14.6 Å². The topological polar surface area (TPSA) is 49.8 Å². The van der Waals surface area contributed by atoms with E-state index in [1.54, 1.807) is 0 Å². The highest BCUT2D eigenvalue weighted by atomic mass is 16.5. The van der Waals surface area contributed by atoms with Crippen molar-refractivity contribution in [2.75, 3.05) is 26.3 Å². The summed E-state index contributed by atoms with van der Waals surface area (Å²) >= 11 is 0. The van der Waals surface area contributed by atoms with Gasteiger partial charge >= 0.3 is 5.97 Å². The number of rotatable bonds is 7. The lowest BCUT2D eigenvalue weighted by molar-refractivity contribution is -0.146. The summed E-state index contributed by atoms with van der Waals surface area (Å²) in [5, 5.41) is 9.35. The van der Waals surface area contributed by atoms with E-state index in [2.05, 4.69) is 18.7 Å². The Balaban J connectivity index is 2.62. The number of carbonyl (C=O) groups is 1. The fourth-order valence-corrected chi connectivity index (χ4v) is 2.93. The van der Waals surface area contributed by atoms with Crippen LogP contribution >= 0.6 is 0 Å². The lowest BCUT2D eigenvalue weighted by atomic mass is 9.78. The third-order valence-electron chi connectivity index (χ3n) is 4.00. The first-order valence-electron chi connectivity index (χ1n) is 7.14. The van der Waals surface area contributed by atoms with E-state index < -0.39 is 5.97 Å². The molecular formula is C14H27NO3. The van der Waals surface area contributed by atoms with Gasteiger partial charge in [0.05, 0.1) is 12.5 Å². The minimum Gasteiger partial charge on any atom is -0.481 e. The molecule has 1 saturated carbocycles. The van der Waals surface area contributed by atoms with Crippen LogP contribution in [0.4, 0.5) is 0 Å². The van der Waals surface area contributed by atoms with Crippen molar-refractivity contribution in [1.82, 2.24) is 4.90 Å². The molecule has 1 N–H and O–H groups in total. The summed E-state index contributed by atoms with van der Waals surface area (Å²) < 4.78 is 5.39. The van der Waals surface area contributed by atoms with E-state index in [9.17, 15) is 9.90 Å². The molecule has 4 nitrogen and oxygen atoms in total. The van der Waals surface area contributed by atoms with Crippen LogP contribution in [0.15, 0.2) is 0 Å². The number of hydrogen-bond donors (Lipinski definition) is 1. The van der Waals surface area contributed by atoms with E-state index in [1.807, 2.05) is 6.92 Å². The molecule has 0 aromatic heterocycles. The van der Waals surface area contributed by atoms with Gasteiger partial charge < -0.3 is 9.84 Å². The number of hydrogen-bond acceptors (Lipinski definition) is 3. The van der Waals surface area contributed by atoms with Crippen LogP contribution in [0, 0.1) is 11.8 Å². The van der Waals surface area contributed by atoms with E-state index in [0.29, 0.717) is 12.5 Å². The molecular weight excluding hydrogens is 230 g/mol. The second-order valence-electron chi connectivity index (χ2n) is 5.26. The van der Waals surface area contributed by atoms with Crippen molar-refractivity contribution in [2.24, 2.45) is 11.8 Å². The average molecular weight is 257 g/mol. The molecule has 0 aliphatic heterocycles. The van der Waals surface area contributed by atoms with Crippen LogP contribution in [0.2, 0.25) is 0 Å². The van der Waals surface area contributed by atoms with E-state index in [-0.39, 0.29) is 12.0 Å². The Kier molecular flexibility index (Phi) is 6.65. The van der Waals surface area contributed by atoms with Crippen LogP contribution in [-0.2, 0) is 9.53 Å². The predicted octanol–water partition coefficient (Wildman–Crippen LogP) is 2.23. The van der Waals surface area contributed by atoms with E-state index >= 15 is 0 Å². The van der Waals surface area contributed by atoms with Crippen molar-refractivity contribution in [3.63, 3.8) is 0 Å². The Labute approximate surface area is 110 Å². The van der Waals surface area contributed by atoms with Gasteiger partial charge in [0.2, 0.25) is 0 Å². The Morgan fingerprint density at radius 2 is 2.11 bits per heavy atom. The molecule has 0 radical (unpaired) electrons. The predicted molar refractivity (Wildman–Crippen MR) is 71.7 cm³/mol. The third-order valence-corrected chi connectivity index (χ3v) is 4.00. The lowest BCUT2D eigenvalue weighted by Gasteiger charge is -2.39. The molecule has 1 rings (SSSR count). The fraction of sp³-hybridized carbons (Fsp3) is 0.929. The first-order valence-corrected chi connectivity index (χ1v) is 7.14. The van der Waals surface area contributed by atoms with Crippen molar-refractivity contribution in [1.29, 1.82) is 0 Å². The molecule has 0 heterocycles.